The summed E-state index contributed by atoms with van der Waals surface area (Å²) in [4.78, 5) is 26.8. The lowest BCUT2D eigenvalue weighted by Crippen LogP contribution is -2.52. The molecule has 0 bridgehead atoms. The molecule has 1 N–H and O–H groups in total. The molecule has 2 aliphatic rings. The molecule has 1 aromatic carbocycles. The molecule has 3 rings (SSSR count). The van der Waals surface area contributed by atoms with Crippen LogP contribution in [0.5, 0.6) is 0 Å². The van der Waals surface area contributed by atoms with Gasteiger partial charge in [-0.2, -0.15) is 0 Å². The molecule has 1 atom stereocenters. The zero-order chi connectivity index (χ0) is 15.5. The standard InChI is InChI=1S/C17H23N3O2/c1-19-16(21)11-20(12-17(19)22)15-6-2-4-13(9-15)8-14-5-3-7-18-10-14/h2,4,6,9,14,18H,3,5,7-8,10-12H2,1H3. The van der Waals surface area contributed by atoms with Gasteiger partial charge in [-0.1, -0.05) is 12.1 Å². The second kappa shape index (κ2) is 6.48. The first-order valence-electron chi connectivity index (χ1n) is 7.97. The van der Waals surface area contributed by atoms with Crippen molar-refractivity contribution < 1.29 is 9.59 Å². The Kier molecular flexibility index (Phi) is 4.43. The van der Waals surface area contributed by atoms with Crippen molar-refractivity contribution in [1.29, 1.82) is 0 Å². The number of rotatable bonds is 3. The van der Waals surface area contributed by atoms with Crippen molar-refractivity contribution in [3.63, 3.8) is 0 Å². The van der Waals surface area contributed by atoms with E-state index < -0.39 is 0 Å². The maximum atomic E-state index is 11.8. The number of piperidine rings is 1. The number of carbonyl (C=O) groups is 2. The van der Waals surface area contributed by atoms with Gasteiger partial charge in [0.05, 0.1) is 13.1 Å². The topological polar surface area (TPSA) is 52.7 Å². The van der Waals surface area contributed by atoms with Gasteiger partial charge in [0.25, 0.3) is 0 Å². The lowest BCUT2D eigenvalue weighted by molar-refractivity contribution is -0.143. The molecular formula is C17H23N3O2. The second-order valence-corrected chi connectivity index (χ2v) is 6.29. The summed E-state index contributed by atoms with van der Waals surface area (Å²) in [5.41, 5.74) is 2.25. The van der Waals surface area contributed by atoms with Crippen LogP contribution in [0.15, 0.2) is 24.3 Å². The van der Waals surface area contributed by atoms with Crippen molar-refractivity contribution in [2.45, 2.75) is 19.3 Å². The van der Waals surface area contributed by atoms with E-state index in [2.05, 4.69) is 17.4 Å². The molecule has 118 valence electrons. The number of hydrogen-bond donors (Lipinski definition) is 1. The van der Waals surface area contributed by atoms with Crippen LogP contribution in [0.4, 0.5) is 5.69 Å². The van der Waals surface area contributed by atoms with Crippen LogP contribution in [0.2, 0.25) is 0 Å². The maximum absolute atomic E-state index is 11.8. The van der Waals surface area contributed by atoms with Crippen molar-refractivity contribution in [2.24, 2.45) is 5.92 Å². The Morgan fingerprint density at radius 3 is 2.68 bits per heavy atom. The molecule has 22 heavy (non-hydrogen) atoms. The summed E-state index contributed by atoms with van der Waals surface area (Å²) in [6.45, 7) is 2.76. The molecule has 2 aliphatic heterocycles. The summed E-state index contributed by atoms with van der Waals surface area (Å²) in [7, 11) is 1.55. The van der Waals surface area contributed by atoms with Gasteiger partial charge in [0.2, 0.25) is 11.8 Å². The lowest BCUT2D eigenvalue weighted by Gasteiger charge is -2.32. The molecule has 2 amide bonds. The number of benzene rings is 1. The predicted octanol–water partition coefficient (Wildman–Crippen LogP) is 1.03. The highest BCUT2D eigenvalue weighted by Gasteiger charge is 2.28. The average Bonchev–Trinajstić information content (AvgIpc) is 2.53. The molecule has 0 aromatic heterocycles. The minimum atomic E-state index is -0.141. The number of imide groups is 1. The summed E-state index contributed by atoms with van der Waals surface area (Å²) in [6, 6.07) is 8.26. The van der Waals surface area contributed by atoms with Gasteiger partial charge in [0.1, 0.15) is 0 Å². The Morgan fingerprint density at radius 2 is 2.00 bits per heavy atom. The van der Waals surface area contributed by atoms with E-state index in [0.717, 1.165) is 25.2 Å². The first-order valence-corrected chi connectivity index (χ1v) is 7.97. The van der Waals surface area contributed by atoms with Gasteiger partial charge < -0.3 is 10.2 Å². The van der Waals surface area contributed by atoms with Gasteiger partial charge in [-0.25, -0.2) is 0 Å². The van der Waals surface area contributed by atoms with Crippen LogP contribution in [0.1, 0.15) is 18.4 Å². The first kappa shape index (κ1) is 15.0. The minimum Gasteiger partial charge on any atom is -0.353 e. The van der Waals surface area contributed by atoms with E-state index >= 15 is 0 Å². The van der Waals surface area contributed by atoms with Crippen molar-refractivity contribution in [1.82, 2.24) is 10.2 Å². The Morgan fingerprint density at radius 1 is 1.23 bits per heavy atom. The van der Waals surface area contributed by atoms with Crippen molar-refractivity contribution >= 4 is 17.5 Å². The Labute approximate surface area is 131 Å². The zero-order valence-electron chi connectivity index (χ0n) is 13.0. The number of nitrogens with zero attached hydrogens (tertiary/aromatic N) is 2. The van der Waals surface area contributed by atoms with Crippen LogP contribution >= 0.6 is 0 Å². The molecule has 5 nitrogen and oxygen atoms in total. The van der Waals surface area contributed by atoms with E-state index in [9.17, 15) is 9.59 Å². The van der Waals surface area contributed by atoms with Gasteiger partial charge in [-0.05, 0) is 56.0 Å². The second-order valence-electron chi connectivity index (χ2n) is 6.29. The Bertz CT molecular complexity index is 549. The van der Waals surface area contributed by atoms with E-state index in [1.165, 1.54) is 23.3 Å². The molecule has 2 fully saturated rings. The lowest BCUT2D eigenvalue weighted by atomic mass is 9.92. The fraction of sp³-hybridized carbons (Fsp3) is 0.529. The molecule has 0 saturated carbocycles. The van der Waals surface area contributed by atoms with Crippen LogP contribution in [0.25, 0.3) is 0 Å². The smallest absolute Gasteiger partial charge is 0.248 e. The number of piperazine rings is 1. The first-order chi connectivity index (χ1) is 10.6. The quantitative estimate of drug-likeness (QED) is 0.848. The Hall–Kier alpha value is -1.88. The van der Waals surface area contributed by atoms with E-state index in [1.54, 1.807) is 7.05 Å². The average molecular weight is 301 g/mol. The molecule has 0 radical (unpaired) electrons. The van der Waals surface area contributed by atoms with Gasteiger partial charge in [0.15, 0.2) is 0 Å². The summed E-state index contributed by atoms with van der Waals surface area (Å²) in [5, 5.41) is 3.44. The van der Waals surface area contributed by atoms with E-state index in [4.69, 9.17) is 0 Å². The van der Waals surface area contributed by atoms with E-state index in [0.29, 0.717) is 5.92 Å². The summed E-state index contributed by atoms with van der Waals surface area (Å²) in [5.74, 6) is 0.399. The third-order valence-electron chi connectivity index (χ3n) is 4.60. The van der Waals surface area contributed by atoms with Crippen LogP contribution in [0.3, 0.4) is 0 Å². The number of hydrogen-bond acceptors (Lipinski definition) is 4. The SMILES string of the molecule is CN1C(=O)CN(c2cccc(CC3CCCNC3)c2)CC1=O. The molecule has 2 saturated heterocycles. The van der Waals surface area contributed by atoms with Crippen LogP contribution in [-0.2, 0) is 16.0 Å². The maximum Gasteiger partial charge on any atom is 0.248 e. The molecule has 0 aliphatic carbocycles. The van der Waals surface area contributed by atoms with Gasteiger partial charge >= 0.3 is 0 Å². The minimum absolute atomic E-state index is 0.141. The van der Waals surface area contributed by atoms with Gasteiger partial charge in [0, 0.05) is 12.7 Å². The van der Waals surface area contributed by atoms with Crippen molar-refractivity contribution in [3.05, 3.63) is 29.8 Å². The normalized spacial score (nSPS) is 23.0. The number of amides is 2. The molecule has 1 aromatic rings. The monoisotopic (exact) mass is 301 g/mol. The third kappa shape index (κ3) is 3.30. The summed E-state index contributed by atoms with van der Waals surface area (Å²) in [6.07, 6.45) is 3.56. The summed E-state index contributed by atoms with van der Waals surface area (Å²) >= 11 is 0. The highest BCUT2D eigenvalue weighted by Crippen LogP contribution is 2.22. The molecule has 0 spiro atoms. The zero-order valence-corrected chi connectivity index (χ0v) is 13.0. The largest absolute Gasteiger partial charge is 0.353 e. The van der Waals surface area contributed by atoms with Crippen LogP contribution < -0.4 is 10.2 Å². The van der Waals surface area contributed by atoms with Crippen LogP contribution in [-0.4, -0.2) is 49.9 Å². The molecule has 2 heterocycles. The fourth-order valence-corrected chi connectivity index (χ4v) is 3.23. The number of nitrogens with one attached hydrogen (secondary N) is 1. The fourth-order valence-electron chi connectivity index (χ4n) is 3.23. The van der Waals surface area contributed by atoms with Crippen LogP contribution in [0, 0.1) is 5.92 Å². The van der Waals surface area contributed by atoms with Gasteiger partial charge in [-0.3, -0.25) is 14.5 Å². The van der Waals surface area contributed by atoms with Gasteiger partial charge in [-0.15, -0.1) is 0 Å². The molecular weight excluding hydrogens is 278 g/mol. The third-order valence-corrected chi connectivity index (χ3v) is 4.60. The number of carbonyl (C=O) groups excluding carboxylic acids is 2. The highest BCUT2D eigenvalue weighted by atomic mass is 16.2. The number of likely N-dealkylation sites (N-methyl/N-ethyl adjacent to an activating group) is 1. The highest BCUT2D eigenvalue weighted by molar-refractivity contribution is 6.02. The predicted molar refractivity (Wildman–Crippen MR) is 85.7 cm³/mol. The van der Waals surface area contributed by atoms with E-state index in [-0.39, 0.29) is 24.9 Å². The van der Waals surface area contributed by atoms with Crippen molar-refractivity contribution in [2.75, 3.05) is 38.1 Å². The van der Waals surface area contributed by atoms with E-state index in [1.807, 2.05) is 17.0 Å². The summed E-state index contributed by atoms with van der Waals surface area (Å²) < 4.78 is 0. The van der Waals surface area contributed by atoms with Crippen molar-refractivity contribution in [3.8, 4) is 0 Å². The molecule has 1 unspecified atom stereocenters. The Balaban J connectivity index is 1.70. The number of anilines is 1. The molecule has 5 heteroatoms.